The molecule has 176 valence electrons. The van der Waals surface area contributed by atoms with Gasteiger partial charge in [-0.25, -0.2) is 0 Å². The van der Waals surface area contributed by atoms with Gasteiger partial charge in [0, 0.05) is 45.3 Å². The molecule has 1 atom stereocenters. The number of morpholine rings is 1. The summed E-state index contributed by atoms with van der Waals surface area (Å²) in [4.78, 5) is 29.6. The van der Waals surface area contributed by atoms with E-state index in [1.165, 1.54) is 0 Å². The average Bonchev–Trinajstić information content (AvgIpc) is 2.84. The highest BCUT2D eigenvalue weighted by Crippen LogP contribution is 2.39. The van der Waals surface area contributed by atoms with Crippen LogP contribution in [-0.2, 0) is 14.3 Å². The maximum Gasteiger partial charge on any atom is 0.257 e. The molecule has 0 saturated carbocycles. The van der Waals surface area contributed by atoms with Crippen LogP contribution in [-0.4, -0.2) is 87.4 Å². The molecule has 0 bridgehead atoms. The van der Waals surface area contributed by atoms with E-state index >= 15 is 0 Å². The van der Waals surface area contributed by atoms with Gasteiger partial charge in [0.1, 0.15) is 11.5 Å². The van der Waals surface area contributed by atoms with Gasteiger partial charge in [0.2, 0.25) is 5.91 Å². The van der Waals surface area contributed by atoms with Gasteiger partial charge in [-0.05, 0) is 43.7 Å². The van der Waals surface area contributed by atoms with E-state index < -0.39 is 0 Å². The van der Waals surface area contributed by atoms with Crippen molar-refractivity contribution in [1.82, 2.24) is 9.80 Å². The Kier molecular flexibility index (Phi) is 7.20. The topological polar surface area (TPSA) is 77.5 Å². The number of carbonyl (C=O) groups excluding carboxylic acids is 2. The van der Waals surface area contributed by atoms with Gasteiger partial charge in [-0.3, -0.25) is 9.59 Å². The highest BCUT2D eigenvalue weighted by atomic mass is 16.5. The number of nitrogens with zero attached hydrogens (tertiary/aromatic N) is 2. The van der Waals surface area contributed by atoms with Gasteiger partial charge in [-0.1, -0.05) is 0 Å². The van der Waals surface area contributed by atoms with Crippen LogP contribution in [0.3, 0.4) is 0 Å². The van der Waals surface area contributed by atoms with Crippen molar-refractivity contribution in [3.8, 4) is 11.5 Å². The minimum atomic E-state index is -0.227. The first-order valence-corrected chi connectivity index (χ1v) is 11.5. The second kappa shape index (κ2) is 10.1. The predicted octanol–water partition coefficient (Wildman–Crippen LogP) is 2.35. The van der Waals surface area contributed by atoms with Crippen LogP contribution < -0.4 is 9.47 Å². The standard InChI is InChI=1S/C24H34N2O6/c1-29-19-3-4-20(21(16-19)30-2)23(28)26-8-6-24(7-9-26)17-18(5-12-32-24)15-22(27)25-10-13-31-14-11-25/h3-4,16,18H,5-15,17H2,1-2H3. The van der Waals surface area contributed by atoms with Crippen molar-refractivity contribution in [2.45, 2.75) is 37.7 Å². The van der Waals surface area contributed by atoms with Crippen molar-refractivity contribution in [1.29, 1.82) is 0 Å². The van der Waals surface area contributed by atoms with Gasteiger partial charge >= 0.3 is 0 Å². The quantitative estimate of drug-likeness (QED) is 0.691. The van der Waals surface area contributed by atoms with E-state index in [1.807, 2.05) is 9.80 Å². The first-order chi connectivity index (χ1) is 15.5. The third-order valence-corrected chi connectivity index (χ3v) is 7.02. The maximum atomic E-state index is 13.1. The lowest BCUT2D eigenvalue weighted by Crippen LogP contribution is -2.51. The fourth-order valence-corrected chi connectivity index (χ4v) is 5.10. The number of methoxy groups -OCH3 is 2. The molecule has 32 heavy (non-hydrogen) atoms. The lowest BCUT2D eigenvalue weighted by Gasteiger charge is -2.46. The minimum Gasteiger partial charge on any atom is -0.497 e. The molecule has 3 aliphatic heterocycles. The number of benzene rings is 1. The van der Waals surface area contributed by atoms with Gasteiger partial charge in [0.05, 0.1) is 38.6 Å². The summed E-state index contributed by atoms with van der Waals surface area (Å²) in [5.41, 5.74) is 0.317. The minimum absolute atomic E-state index is 0.0331. The zero-order valence-electron chi connectivity index (χ0n) is 19.1. The van der Waals surface area contributed by atoms with Gasteiger partial charge in [0.25, 0.3) is 5.91 Å². The molecule has 0 radical (unpaired) electrons. The highest BCUT2D eigenvalue weighted by Gasteiger charge is 2.42. The number of likely N-dealkylation sites (tertiary alicyclic amines) is 1. The van der Waals surface area contributed by atoms with Crippen molar-refractivity contribution in [3.63, 3.8) is 0 Å². The molecule has 3 fully saturated rings. The first-order valence-electron chi connectivity index (χ1n) is 11.5. The third kappa shape index (κ3) is 5.02. The van der Waals surface area contributed by atoms with Crippen LogP contribution in [0.15, 0.2) is 18.2 Å². The van der Waals surface area contributed by atoms with Gasteiger partial charge in [0.15, 0.2) is 0 Å². The van der Waals surface area contributed by atoms with Crippen LogP contribution in [0.2, 0.25) is 0 Å². The number of hydrogen-bond acceptors (Lipinski definition) is 6. The number of hydrogen-bond donors (Lipinski definition) is 0. The van der Waals surface area contributed by atoms with E-state index in [0.717, 1.165) is 25.7 Å². The molecule has 8 nitrogen and oxygen atoms in total. The molecule has 0 aliphatic carbocycles. The highest BCUT2D eigenvalue weighted by molar-refractivity contribution is 5.97. The zero-order chi connectivity index (χ0) is 22.6. The van der Waals surface area contributed by atoms with Crippen molar-refractivity contribution >= 4 is 11.8 Å². The number of ether oxygens (including phenoxy) is 4. The lowest BCUT2D eigenvalue weighted by molar-refractivity contribution is -0.143. The normalized spacial score (nSPS) is 23.1. The predicted molar refractivity (Wildman–Crippen MR) is 118 cm³/mol. The van der Waals surface area contributed by atoms with Crippen LogP contribution in [0.25, 0.3) is 0 Å². The van der Waals surface area contributed by atoms with E-state index in [2.05, 4.69) is 0 Å². The number of piperidine rings is 1. The molecule has 8 heteroatoms. The molecule has 3 aliphatic rings. The fraction of sp³-hybridized carbons (Fsp3) is 0.667. The van der Waals surface area contributed by atoms with E-state index in [9.17, 15) is 9.59 Å². The van der Waals surface area contributed by atoms with Crippen molar-refractivity contribution in [2.75, 3.05) is 60.2 Å². The smallest absolute Gasteiger partial charge is 0.257 e. The van der Waals surface area contributed by atoms with Crippen molar-refractivity contribution in [2.24, 2.45) is 5.92 Å². The summed E-state index contributed by atoms with van der Waals surface area (Å²) in [6, 6.07) is 5.27. The molecule has 3 heterocycles. The average molecular weight is 447 g/mol. The molecule has 4 rings (SSSR count). The number of rotatable bonds is 5. The molecule has 0 aromatic heterocycles. The maximum absolute atomic E-state index is 13.1. The van der Waals surface area contributed by atoms with Gasteiger partial charge in [-0.2, -0.15) is 0 Å². The Labute approximate surface area is 189 Å². The van der Waals surface area contributed by atoms with E-state index in [0.29, 0.717) is 75.4 Å². The Hall–Kier alpha value is -2.32. The summed E-state index contributed by atoms with van der Waals surface area (Å²) in [5, 5.41) is 0. The zero-order valence-corrected chi connectivity index (χ0v) is 19.1. The SMILES string of the molecule is COc1ccc(C(=O)N2CCC3(CC2)CC(CC(=O)N2CCOCC2)CCO3)c(OC)c1. The van der Waals surface area contributed by atoms with Crippen LogP contribution in [0.5, 0.6) is 11.5 Å². The number of carbonyl (C=O) groups is 2. The molecule has 1 unspecified atom stereocenters. The van der Waals surface area contributed by atoms with E-state index in [-0.39, 0.29) is 17.4 Å². The molecule has 0 N–H and O–H groups in total. The lowest BCUT2D eigenvalue weighted by atomic mass is 9.78. The summed E-state index contributed by atoms with van der Waals surface area (Å²) in [6.07, 6.45) is 3.97. The number of amides is 2. The molecule has 2 amide bonds. The summed E-state index contributed by atoms with van der Waals surface area (Å²) >= 11 is 0. The van der Waals surface area contributed by atoms with Crippen molar-refractivity contribution < 1.29 is 28.5 Å². The third-order valence-electron chi connectivity index (χ3n) is 7.02. The molecule has 1 aromatic rings. The van der Waals surface area contributed by atoms with E-state index in [1.54, 1.807) is 32.4 Å². The second-order valence-corrected chi connectivity index (χ2v) is 8.95. The van der Waals surface area contributed by atoms with E-state index in [4.69, 9.17) is 18.9 Å². The van der Waals surface area contributed by atoms with Crippen molar-refractivity contribution in [3.05, 3.63) is 23.8 Å². The second-order valence-electron chi connectivity index (χ2n) is 8.95. The van der Waals surface area contributed by atoms with Crippen LogP contribution >= 0.6 is 0 Å². The summed E-state index contributed by atoms with van der Waals surface area (Å²) in [7, 11) is 3.15. The summed E-state index contributed by atoms with van der Waals surface area (Å²) in [5.74, 6) is 1.71. The largest absolute Gasteiger partial charge is 0.497 e. The summed E-state index contributed by atoms with van der Waals surface area (Å²) < 4.78 is 22.3. The molecule has 1 spiro atoms. The van der Waals surface area contributed by atoms with Gasteiger partial charge in [-0.15, -0.1) is 0 Å². The Bertz CT molecular complexity index is 815. The summed E-state index contributed by atoms with van der Waals surface area (Å²) in [6.45, 7) is 4.61. The molecule has 3 saturated heterocycles. The van der Waals surface area contributed by atoms with Crippen LogP contribution in [0, 0.1) is 5.92 Å². The van der Waals surface area contributed by atoms with Gasteiger partial charge < -0.3 is 28.7 Å². The van der Waals surface area contributed by atoms with Crippen LogP contribution in [0.1, 0.15) is 42.5 Å². The molecular weight excluding hydrogens is 412 g/mol. The molecular formula is C24H34N2O6. The Morgan fingerprint density at radius 3 is 2.47 bits per heavy atom. The molecule has 1 aromatic carbocycles. The Morgan fingerprint density at radius 2 is 1.78 bits per heavy atom. The Balaban J connectivity index is 1.34. The Morgan fingerprint density at radius 1 is 1.03 bits per heavy atom. The first kappa shape index (κ1) is 22.9. The van der Waals surface area contributed by atoms with Crippen LogP contribution in [0.4, 0.5) is 0 Å². The fourth-order valence-electron chi connectivity index (χ4n) is 5.10. The monoisotopic (exact) mass is 446 g/mol.